The van der Waals surface area contributed by atoms with Gasteiger partial charge in [-0.1, -0.05) is 24.9 Å². The molecule has 1 aliphatic heterocycles. The van der Waals surface area contributed by atoms with Crippen molar-refractivity contribution in [1.29, 1.82) is 0 Å². The molecule has 1 aromatic carbocycles. The van der Waals surface area contributed by atoms with E-state index in [2.05, 4.69) is 17.1 Å². The number of unbranched alkanes of at least 4 members (excludes halogenated alkanes) is 1. The Bertz CT molecular complexity index is 477. The highest BCUT2D eigenvalue weighted by Crippen LogP contribution is 2.27. The molecule has 124 valence electrons. The summed E-state index contributed by atoms with van der Waals surface area (Å²) in [6.45, 7) is 5.25. The van der Waals surface area contributed by atoms with E-state index < -0.39 is 0 Å². The molecule has 1 fully saturated rings. The first-order valence-electron chi connectivity index (χ1n) is 7.63. The second kappa shape index (κ2) is 9.93. The van der Waals surface area contributed by atoms with Gasteiger partial charge in [-0.25, -0.2) is 0 Å². The molecular weight excluding hydrogens is 323 g/mol. The van der Waals surface area contributed by atoms with E-state index >= 15 is 0 Å². The quantitative estimate of drug-likeness (QED) is 0.759. The molecule has 6 heteroatoms. The number of amides is 1. The summed E-state index contributed by atoms with van der Waals surface area (Å²) in [5.74, 6) is 0.726. The van der Waals surface area contributed by atoms with Gasteiger partial charge in [-0.15, -0.1) is 12.4 Å². The number of hydrogen-bond donors (Lipinski definition) is 1. The molecule has 0 radical (unpaired) electrons. The van der Waals surface area contributed by atoms with Crippen molar-refractivity contribution < 1.29 is 9.53 Å². The topological polar surface area (TPSA) is 41.6 Å². The van der Waals surface area contributed by atoms with Crippen LogP contribution >= 0.6 is 24.0 Å². The maximum absolute atomic E-state index is 12.0. The van der Waals surface area contributed by atoms with Crippen LogP contribution in [0.25, 0.3) is 0 Å². The highest BCUT2D eigenvalue weighted by Gasteiger charge is 2.15. The predicted octanol–water partition coefficient (Wildman–Crippen LogP) is 3.98. The van der Waals surface area contributed by atoms with E-state index in [0.29, 0.717) is 23.9 Å². The van der Waals surface area contributed by atoms with Crippen LogP contribution in [0.5, 0.6) is 5.75 Å². The number of likely N-dealkylation sites (tertiary alicyclic amines) is 1. The predicted molar refractivity (Wildman–Crippen MR) is 93.4 cm³/mol. The van der Waals surface area contributed by atoms with E-state index in [4.69, 9.17) is 16.3 Å². The molecule has 0 bridgehead atoms. The fraction of sp³-hybridized carbons (Fsp3) is 0.562. The van der Waals surface area contributed by atoms with E-state index in [9.17, 15) is 4.79 Å². The third-order valence-electron chi connectivity index (χ3n) is 3.55. The molecule has 22 heavy (non-hydrogen) atoms. The fourth-order valence-electron chi connectivity index (χ4n) is 2.35. The van der Waals surface area contributed by atoms with Crippen LogP contribution in [-0.2, 0) is 4.79 Å². The van der Waals surface area contributed by atoms with Crippen LogP contribution in [0.1, 0.15) is 32.6 Å². The Morgan fingerprint density at radius 3 is 2.73 bits per heavy atom. The van der Waals surface area contributed by atoms with Crippen LogP contribution in [0.3, 0.4) is 0 Å². The van der Waals surface area contributed by atoms with Crippen LogP contribution < -0.4 is 10.1 Å². The molecule has 1 aliphatic rings. The maximum Gasteiger partial charge on any atom is 0.238 e. The first-order valence-corrected chi connectivity index (χ1v) is 8.01. The lowest BCUT2D eigenvalue weighted by Crippen LogP contribution is -2.30. The zero-order chi connectivity index (χ0) is 15.1. The molecule has 4 nitrogen and oxygen atoms in total. The largest absolute Gasteiger partial charge is 0.494 e. The standard InChI is InChI=1S/C16H23ClN2O2.ClH/c1-2-3-10-21-13-6-7-15(14(17)11-13)18-16(20)12-19-8-4-5-9-19;/h6-7,11H,2-5,8-10,12H2,1H3,(H,18,20);1H. The molecule has 1 saturated heterocycles. The summed E-state index contributed by atoms with van der Waals surface area (Å²) in [7, 11) is 0. The third-order valence-corrected chi connectivity index (χ3v) is 3.86. The van der Waals surface area contributed by atoms with E-state index in [0.717, 1.165) is 31.7 Å². The van der Waals surface area contributed by atoms with Gasteiger partial charge >= 0.3 is 0 Å². The van der Waals surface area contributed by atoms with Crippen molar-refractivity contribution in [3.63, 3.8) is 0 Å². The molecule has 0 atom stereocenters. The number of nitrogens with one attached hydrogen (secondary N) is 1. The van der Waals surface area contributed by atoms with Gasteiger partial charge in [0.1, 0.15) is 5.75 Å². The summed E-state index contributed by atoms with van der Waals surface area (Å²) in [4.78, 5) is 14.1. The zero-order valence-electron chi connectivity index (χ0n) is 12.9. The van der Waals surface area contributed by atoms with Crippen molar-refractivity contribution in [3.05, 3.63) is 23.2 Å². The molecule has 0 aromatic heterocycles. The number of hydrogen-bond acceptors (Lipinski definition) is 3. The lowest BCUT2D eigenvalue weighted by atomic mass is 10.3. The molecule has 0 aliphatic carbocycles. The van der Waals surface area contributed by atoms with E-state index in [1.807, 2.05) is 6.07 Å². The lowest BCUT2D eigenvalue weighted by Gasteiger charge is -2.15. The Hall–Kier alpha value is -0.970. The normalized spacial score (nSPS) is 14.5. The van der Waals surface area contributed by atoms with Crippen molar-refractivity contribution in [2.75, 3.05) is 31.6 Å². The van der Waals surface area contributed by atoms with Gasteiger partial charge in [0.15, 0.2) is 0 Å². The third kappa shape index (κ3) is 6.03. The smallest absolute Gasteiger partial charge is 0.238 e. The van der Waals surface area contributed by atoms with Crippen LogP contribution in [0.2, 0.25) is 5.02 Å². The first-order chi connectivity index (χ1) is 10.2. The fourth-order valence-corrected chi connectivity index (χ4v) is 2.57. The minimum Gasteiger partial charge on any atom is -0.494 e. The molecule has 0 saturated carbocycles. The molecule has 2 rings (SSSR count). The van der Waals surface area contributed by atoms with Crippen molar-refractivity contribution in [2.24, 2.45) is 0 Å². The Labute approximate surface area is 143 Å². The van der Waals surface area contributed by atoms with Crippen LogP contribution in [0, 0.1) is 0 Å². The number of ether oxygens (including phenoxy) is 1. The Morgan fingerprint density at radius 1 is 1.36 bits per heavy atom. The van der Waals surface area contributed by atoms with Gasteiger partial charge in [0.25, 0.3) is 0 Å². The Kier molecular flexibility index (Phi) is 8.61. The van der Waals surface area contributed by atoms with E-state index in [1.165, 1.54) is 12.8 Å². The monoisotopic (exact) mass is 346 g/mol. The van der Waals surface area contributed by atoms with Gasteiger partial charge < -0.3 is 10.1 Å². The van der Waals surface area contributed by atoms with Crippen LogP contribution in [-0.4, -0.2) is 37.0 Å². The first kappa shape index (κ1) is 19.1. The number of anilines is 1. The minimum atomic E-state index is -0.0153. The maximum atomic E-state index is 12.0. The number of nitrogens with zero attached hydrogens (tertiary/aromatic N) is 1. The van der Waals surface area contributed by atoms with E-state index in [-0.39, 0.29) is 18.3 Å². The van der Waals surface area contributed by atoms with Crippen molar-refractivity contribution in [1.82, 2.24) is 4.90 Å². The highest BCUT2D eigenvalue weighted by atomic mass is 35.5. The zero-order valence-corrected chi connectivity index (χ0v) is 14.5. The van der Waals surface area contributed by atoms with Crippen molar-refractivity contribution in [2.45, 2.75) is 32.6 Å². The average Bonchev–Trinajstić information content (AvgIpc) is 2.95. The van der Waals surface area contributed by atoms with Gasteiger partial charge in [0.2, 0.25) is 5.91 Å². The van der Waals surface area contributed by atoms with E-state index in [1.54, 1.807) is 12.1 Å². The molecule has 1 amide bonds. The molecule has 0 unspecified atom stereocenters. The lowest BCUT2D eigenvalue weighted by molar-refractivity contribution is -0.117. The molecule has 1 N–H and O–H groups in total. The van der Waals surface area contributed by atoms with Gasteiger partial charge in [-0.3, -0.25) is 9.69 Å². The minimum absolute atomic E-state index is 0. The molecule has 1 heterocycles. The van der Waals surface area contributed by atoms with Gasteiger partial charge in [-0.05, 0) is 44.5 Å². The number of carbonyl (C=O) groups is 1. The van der Waals surface area contributed by atoms with Gasteiger partial charge in [0.05, 0.1) is 23.9 Å². The summed E-state index contributed by atoms with van der Waals surface area (Å²) in [5.41, 5.74) is 0.642. The number of carbonyl (C=O) groups excluding carboxylic acids is 1. The van der Waals surface area contributed by atoms with Crippen LogP contribution in [0.4, 0.5) is 5.69 Å². The average molecular weight is 347 g/mol. The second-order valence-corrected chi connectivity index (χ2v) is 5.78. The number of benzene rings is 1. The SMILES string of the molecule is CCCCOc1ccc(NC(=O)CN2CCCC2)c(Cl)c1.Cl. The number of rotatable bonds is 7. The second-order valence-electron chi connectivity index (χ2n) is 5.38. The van der Waals surface area contributed by atoms with Crippen LogP contribution in [0.15, 0.2) is 18.2 Å². The highest BCUT2D eigenvalue weighted by molar-refractivity contribution is 6.33. The summed E-state index contributed by atoms with van der Waals surface area (Å²) < 4.78 is 5.59. The molecular formula is C16H24Cl2N2O2. The molecule has 0 spiro atoms. The van der Waals surface area contributed by atoms with Crippen molar-refractivity contribution in [3.8, 4) is 5.75 Å². The summed E-state index contributed by atoms with van der Waals surface area (Å²) in [6.07, 6.45) is 4.47. The Balaban J connectivity index is 0.00000242. The Morgan fingerprint density at radius 2 is 2.09 bits per heavy atom. The van der Waals surface area contributed by atoms with Gasteiger partial charge in [-0.2, -0.15) is 0 Å². The summed E-state index contributed by atoms with van der Waals surface area (Å²) in [6, 6.07) is 5.39. The summed E-state index contributed by atoms with van der Waals surface area (Å²) >= 11 is 6.19. The summed E-state index contributed by atoms with van der Waals surface area (Å²) in [5, 5.41) is 3.38. The molecule has 1 aromatic rings. The van der Waals surface area contributed by atoms with Crippen molar-refractivity contribution >= 4 is 35.6 Å². The number of halogens is 2. The van der Waals surface area contributed by atoms with Gasteiger partial charge in [0, 0.05) is 6.07 Å².